The summed E-state index contributed by atoms with van der Waals surface area (Å²) in [5.41, 5.74) is 1.74. The quantitative estimate of drug-likeness (QED) is 0.775. The van der Waals surface area contributed by atoms with Gasteiger partial charge >= 0.3 is 0 Å². The molecule has 0 atom stereocenters. The lowest BCUT2D eigenvalue weighted by Gasteiger charge is -2.19. The molecular formula is C18H17ClN4O. The smallest absolute Gasteiger partial charge is 0.239 e. The normalized spacial score (nSPS) is 10.6. The van der Waals surface area contributed by atoms with Crippen molar-refractivity contribution >= 4 is 34.2 Å². The first-order chi connectivity index (χ1) is 11.6. The SMILES string of the molecule is CN(CC(=O)NCc1ccccc1Cl)c1ncnc2ccccc12. The summed E-state index contributed by atoms with van der Waals surface area (Å²) in [5, 5.41) is 4.44. The molecule has 0 radical (unpaired) electrons. The average Bonchev–Trinajstić information content (AvgIpc) is 2.60. The van der Waals surface area contributed by atoms with E-state index in [0.29, 0.717) is 11.6 Å². The van der Waals surface area contributed by atoms with Crippen molar-refractivity contribution in [3.63, 3.8) is 0 Å². The third kappa shape index (κ3) is 3.63. The van der Waals surface area contributed by atoms with Gasteiger partial charge in [0.1, 0.15) is 12.1 Å². The molecular weight excluding hydrogens is 324 g/mol. The van der Waals surface area contributed by atoms with Gasteiger partial charge in [-0.3, -0.25) is 4.79 Å². The van der Waals surface area contributed by atoms with E-state index in [-0.39, 0.29) is 12.5 Å². The molecule has 0 bridgehead atoms. The summed E-state index contributed by atoms with van der Waals surface area (Å²) in [4.78, 5) is 22.6. The zero-order chi connectivity index (χ0) is 16.9. The van der Waals surface area contributed by atoms with Crippen LogP contribution in [0.1, 0.15) is 5.56 Å². The van der Waals surface area contributed by atoms with Crippen LogP contribution in [-0.2, 0) is 11.3 Å². The summed E-state index contributed by atoms with van der Waals surface area (Å²) in [5.74, 6) is 0.633. The van der Waals surface area contributed by atoms with Gasteiger partial charge in [0.25, 0.3) is 0 Å². The minimum absolute atomic E-state index is 0.0971. The second-order valence-electron chi connectivity index (χ2n) is 5.44. The minimum atomic E-state index is -0.0971. The average molecular weight is 341 g/mol. The van der Waals surface area contributed by atoms with Crippen molar-refractivity contribution in [2.24, 2.45) is 0 Å². The second kappa shape index (κ2) is 7.27. The fourth-order valence-corrected chi connectivity index (χ4v) is 2.68. The summed E-state index contributed by atoms with van der Waals surface area (Å²) in [7, 11) is 1.84. The predicted molar refractivity (Wildman–Crippen MR) is 96.1 cm³/mol. The maximum Gasteiger partial charge on any atom is 0.239 e. The van der Waals surface area contributed by atoms with E-state index in [1.807, 2.05) is 60.5 Å². The van der Waals surface area contributed by atoms with Gasteiger partial charge in [-0.05, 0) is 23.8 Å². The Bertz CT molecular complexity index is 863. The number of rotatable bonds is 5. The highest BCUT2D eigenvalue weighted by Gasteiger charge is 2.12. The Hall–Kier alpha value is -2.66. The number of nitrogens with zero attached hydrogens (tertiary/aromatic N) is 3. The number of nitrogens with one attached hydrogen (secondary N) is 1. The van der Waals surface area contributed by atoms with Crippen LogP contribution in [0.15, 0.2) is 54.9 Å². The van der Waals surface area contributed by atoms with Crippen molar-refractivity contribution in [2.75, 3.05) is 18.5 Å². The molecule has 5 nitrogen and oxygen atoms in total. The predicted octanol–water partition coefficient (Wildman–Crippen LogP) is 3.04. The molecule has 3 rings (SSSR count). The Morgan fingerprint density at radius 2 is 1.88 bits per heavy atom. The monoisotopic (exact) mass is 340 g/mol. The number of carbonyl (C=O) groups is 1. The van der Waals surface area contributed by atoms with Crippen molar-refractivity contribution < 1.29 is 4.79 Å². The highest BCUT2D eigenvalue weighted by molar-refractivity contribution is 6.31. The fraction of sp³-hybridized carbons (Fsp3) is 0.167. The molecule has 1 heterocycles. The highest BCUT2D eigenvalue weighted by atomic mass is 35.5. The van der Waals surface area contributed by atoms with Gasteiger partial charge < -0.3 is 10.2 Å². The zero-order valence-electron chi connectivity index (χ0n) is 13.2. The number of hydrogen-bond donors (Lipinski definition) is 1. The third-order valence-corrected chi connectivity index (χ3v) is 4.07. The minimum Gasteiger partial charge on any atom is -0.350 e. The lowest BCUT2D eigenvalue weighted by molar-refractivity contribution is -0.119. The molecule has 0 aliphatic carbocycles. The molecule has 0 aliphatic heterocycles. The number of fused-ring (bicyclic) bond motifs is 1. The van der Waals surface area contributed by atoms with Crippen LogP contribution in [0.25, 0.3) is 10.9 Å². The van der Waals surface area contributed by atoms with Crippen LogP contribution < -0.4 is 10.2 Å². The van der Waals surface area contributed by atoms with Gasteiger partial charge in [-0.1, -0.05) is 41.9 Å². The van der Waals surface area contributed by atoms with Gasteiger partial charge in [-0.25, -0.2) is 9.97 Å². The molecule has 0 saturated carbocycles. The number of halogens is 1. The Morgan fingerprint density at radius 1 is 1.12 bits per heavy atom. The van der Waals surface area contributed by atoms with Crippen molar-refractivity contribution in [1.82, 2.24) is 15.3 Å². The van der Waals surface area contributed by atoms with Gasteiger partial charge in [0.2, 0.25) is 5.91 Å². The Morgan fingerprint density at radius 3 is 2.71 bits per heavy atom. The zero-order valence-corrected chi connectivity index (χ0v) is 14.0. The topological polar surface area (TPSA) is 58.1 Å². The van der Waals surface area contributed by atoms with Gasteiger partial charge in [0.05, 0.1) is 12.1 Å². The molecule has 1 N–H and O–H groups in total. The summed E-state index contributed by atoms with van der Waals surface area (Å²) < 4.78 is 0. The number of benzene rings is 2. The Balaban J connectivity index is 1.67. The maximum atomic E-state index is 12.2. The van der Waals surface area contributed by atoms with Crippen molar-refractivity contribution in [3.05, 3.63) is 65.4 Å². The van der Waals surface area contributed by atoms with Crippen LogP contribution in [-0.4, -0.2) is 29.5 Å². The summed E-state index contributed by atoms with van der Waals surface area (Å²) >= 11 is 6.10. The molecule has 2 aromatic carbocycles. The van der Waals surface area contributed by atoms with Crippen LogP contribution >= 0.6 is 11.6 Å². The van der Waals surface area contributed by atoms with E-state index in [1.165, 1.54) is 6.33 Å². The number of aromatic nitrogens is 2. The largest absolute Gasteiger partial charge is 0.350 e. The first-order valence-electron chi connectivity index (χ1n) is 7.56. The van der Waals surface area contributed by atoms with Crippen LogP contribution in [0.5, 0.6) is 0 Å². The van der Waals surface area contributed by atoms with E-state index >= 15 is 0 Å². The number of likely N-dealkylation sites (N-methyl/N-ethyl adjacent to an activating group) is 1. The molecule has 0 saturated heterocycles. The van der Waals surface area contributed by atoms with Gasteiger partial charge in [-0.15, -0.1) is 0 Å². The van der Waals surface area contributed by atoms with Crippen molar-refractivity contribution in [1.29, 1.82) is 0 Å². The molecule has 1 amide bonds. The first-order valence-corrected chi connectivity index (χ1v) is 7.94. The highest BCUT2D eigenvalue weighted by Crippen LogP contribution is 2.21. The van der Waals surface area contributed by atoms with E-state index in [1.54, 1.807) is 0 Å². The second-order valence-corrected chi connectivity index (χ2v) is 5.85. The van der Waals surface area contributed by atoms with E-state index in [4.69, 9.17) is 11.6 Å². The molecule has 3 aromatic rings. The number of anilines is 1. The summed E-state index contributed by atoms with van der Waals surface area (Å²) in [6, 6.07) is 15.2. The van der Waals surface area contributed by atoms with E-state index < -0.39 is 0 Å². The maximum absolute atomic E-state index is 12.2. The molecule has 6 heteroatoms. The van der Waals surface area contributed by atoms with E-state index in [0.717, 1.165) is 22.3 Å². The molecule has 0 fully saturated rings. The van der Waals surface area contributed by atoms with Crippen molar-refractivity contribution in [2.45, 2.75) is 6.54 Å². The molecule has 1 aromatic heterocycles. The van der Waals surface area contributed by atoms with Gasteiger partial charge in [-0.2, -0.15) is 0 Å². The van der Waals surface area contributed by atoms with Crippen LogP contribution in [0.3, 0.4) is 0 Å². The van der Waals surface area contributed by atoms with Crippen LogP contribution in [0.2, 0.25) is 5.02 Å². The van der Waals surface area contributed by atoms with Gasteiger partial charge in [0, 0.05) is 24.0 Å². The fourth-order valence-electron chi connectivity index (χ4n) is 2.48. The number of para-hydroxylation sites is 1. The van der Waals surface area contributed by atoms with Crippen molar-refractivity contribution in [3.8, 4) is 0 Å². The summed E-state index contributed by atoms with van der Waals surface area (Å²) in [6.45, 7) is 0.600. The lowest BCUT2D eigenvalue weighted by Crippen LogP contribution is -2.35. The van der Waals surface area contributed by atoms with Gasteiger partial charge in [0.15, 0.2) is 0 Å². The summed E-state index contributed by atoms with van der Waals surface area (Å²) in [6.07, 6.45) is 1.51. The molecule has 0 unspecified atom stereocenters. The Kier molecular flexibility index (Phi) is 4.91. The van der Waals surface area contributed by atoms with E-state index in [9.17, 15) is 4.79 Å². The number of carbonyl (C=O) groups excluding carboxylic acids is 1. The van der Waals surface area contributed by atoms with E-state index in [2.05, 4.69) is 15.3 Å². The number of hydrogen-bond acceptors (Lipinski definition) is 4. The van der Waals surface area contributed by atoms with Crippen LogP contribution in [0, 0.1) is 0 Å². The first kappa shape index (κ1) is 16.2. The molecule has 122 valence electrons. The molecule has 24 heavy (non-hydrogen) atoms. The standard InChI is InChI=1S/C18H17ClN4O/c1-23(18-14-7-3-5-9-16(14)21-12-22-18)11-17(24)20-10-13-6-2-4-8-15(13)19/h2-9,12H,10-11H2,1H3,(H,20,24). The number of amides is 1. The lowest BCUT2D eigenvalue weighted by atomic mass is 10.2. The third-order valence-electron chi connectivity index (χ3n) is 3.70. The Labute approximate surface area is 145 Å². The molecule has 0 spiro atoms. The molecule has 0 aliphatic rings. The van der Waals surface area contributed by atoms with Crippen LogP contribution in [0.4, 0.5) is 5.82 Å².